The van der Waals surface area contributed by atoms with E-state index in [0.717, 1.165) is 69.2 Å². The Kier molecular flexibility index (Phi) is 19.5. The van der Waals surface area contributed by atoms with Gasteiger partial charge in [0.25, 0.3) is 0 Å². The van der Waals surface area contributed by atoms with Gasteiger partial charge in [0.05, 0.1) is 26.2 Å². The molecule has 0 aliphatic rings. The minimum Gasteiger partial charge on any atom is -0.550 e. The van der Waals surface area contributed by atoms with E-state index in [1.807, 2.05) is 6.08 Å². The monoisotopic (exact) mass is 469 g/mol. The Hall–Kier alpha value is -1.89. The predicted octanol–water partition coefficient (Wildman–Crippen LogP) is 4.54. The molecule has 0 bridgehead atoms. The second-order valence-corrected chi connectivity index (χ2v) is 9.32. The van der Waals surface area contributed by atoms with E-state index in [2.05, 4.69) is 6.58 Å². The van der Waals surface area contributed by atoms with Crippen molar-refractivity contribution >= 4 is 17.9 Å². The normalized spacial score (nSPS) is 11.4. The molecule has 0 aliphatic carbocycles. The van der Waals surface area contributed by atoms with Crippen molar-refractivity contribution in [1.82, 2.24) is 0 Å². The van der Waals surface area contributed by atoms with E-state index in [0.29, 0.717) is 19.3 Å². The zero-order chi connectivity index (χ0) is 24.8. The Morgan fingerprint density at radius 3 is 1.36 bits per heavy atom. The summed E-state index contributed by atoms with van der Waals surface area (Å²) in [5.74, 6) is -2.59. The highest BCUT2D eigenvalue weighted by Crippen LogP contribution is 2.19. The molecule has 2 N–H and O–H groups in total. The summed E-state index contributed by atoms with van der Waals surface area (Å²) in [6.07, 6.45) is 16.1. The van der Waals surface area contributed by atoms with Crippen molar-refractivity contribution in [2.24, 2.45) is 0 Å². The van der Waals surface area contributed by atoms with Gasteiger partial charge in [0.1, 0.15) is 0 Å². The van der Waals surface area contributed by atoms with Gasteiger partial charge in [-0.05, 0) is 70.6 Å². The molecule has 0 rings (SSSR count). The predicted molar refractivity (Wildman–Crippen MR) is 129 cm³/mol. The van der Waals surface area contributed by atoms with Crippen molar-refractivity contribution in [1.29, 1.82) is 0 Å². The fraction of sp³-hybridized carbons (Fsp3) is 0.808. The summed E-state index contributed by atoms with van der Waals surface area (Å²) in [4.78, 5) is 32.6. The molecule has 0 saturated carbocycles. The summed E-state index contributed by atoms with van der Waals surface area (Å²) < 4.78 is 0.839. The summed E-state index contributed by atoms with van der Waals surface area (Å²) >= 11 is 0. The molecule has 0 aromatic carbocycles. The highest BCUT2D eigenvalue weighted by molar-refractivity contribution is 5.66. The van der Waals surface area contributed by atoms with Gasteiger partial charge in [0.2, 0.25) is 0 Å². The third-order valence-corrected chi connectivity index (χ3v) is 6.35. The first-order valence-electron chi connectivity index (χ1n) is 12.9. The molecule has 0 spiro atoms. The molecule has 33 heavy (non-hydrogen) atoms. The molecule has 0 atom stereocenters. The molecule has 0 aromatic rings. The number of aliphatic carboxylic acids is 3. The molecular weight excluding hydrogens is 422 g/mol. The van der Waals surface area contributed by atoms with E-state index in [1.165, 1.54) is 32.1 Å². The largest absolute Gasteiger partial charge is 0.550 e. The van der Waals surface area contributed by atoms with Crippen LogP contribution in [0.1, 0.15) is 109 Å². The number of rotatable bonds is 25. The van der Waals surface area contributed by atoms with Crippen LogP contribution in [0.15, 0.2) is 12.7 Å². The van der Waals surface area contributed by atoms with E-state index in [9.17, 15) is 19.5 Å². The maximum Gasteiger partial charge on any atom is 0.303 e. The first-order chi connectivity index (χ1) is 15.8. The van der Waals surface area contributed by atoms with Gasteiger partial charge in [-0.25, -0.2) is 0 Å². The lowest BCUT2D eigenvalue weighted by atomic mass is 10.1. The lowest BCUT2D eigenvalue weighted by Gasteiger charge is -2.39. The fourth-order valence-electron chi connectivity index (χ4n) is 4.45. The Morgan fingerprint density at radius 1 is 0.606 bits per heavy atom. The summed E-state index contributed by atoms with van der Waals surface area (Å²) in [5, 5.41) is 28.7. The van der Waals surface area contributed by atoms with Crippen LogP contribution in [-0.4, -0.2) is 58.8 Å². The van der Waals surface area contributed by atoms with E-state index >= 15 is 0 Å². The van der Waals surface area contributed by atoms with Gasteiger partial charge in [-0.15, -0.1) is 6.58 Å². The van der Waals surface area contributed by atoms with Crippen LogP contribution < -0.4 is 5.11 Å². The highest BCUT2D eigenvalue weighted by atomic mass is 16.4. The number of carboxylic acid groups (broad SMARTS) is 3. The standard InChI is InChI=1S/C26H47NO6/c1-2-3-4-5-6-7-8-9-13-20-27(21-14-10-17-24(28)29,22-15-11-18-25(30)31)23-16-12-19-26(32)33/h2H,1,3-23H2,(H2-,28,29,30,31,32,33). The minimum absolute atomic E-state index is 0.0594. The van der Waals surface area contributed by atoms with Gasteiger partial charge < -0.3 is 24.6 Å². The smallest absolute Gasteiger partial charge is 0.303 e. The lowest BCUT2D eigenvalue weighted by molar-refractivity contribution is -0.929. The zero-order valence-electron chi connectivity index (χ0n) is 20.6. The molecular formula is C26H47NO6. The maximum atomic E-state index is 10.9. The van der Waals surface area contributed by atoms with Crippen LogP contribution in [0.4, 0.5) is 0 Å². The molecule has 0 aliphatic heterocycles. The zero-order valence-corrected chi connectivity index (χ0v) is 20.6. The number of allylic oxidation sites excluding steroid dienone is 1. The van der Waals surface area contributed by atoms with Gasteiger partial charge in [-0.3, -0.25) is 9.59 Å². The van der Waals surface area contributed by atoms with Crippen molar-refractivity contribution in [3.05, 3.63) is 12.7 Å². The minimum atomic E-state index is -1.02. The maximum absolute atomic E-state index is 10.9. The van der Waals surface area contributed by atoms with Crippen LogP contribution in [0.25, 0.3) is 0 Å². The van der Waals surface area contributed by atoms with Gasteiger partial charge in [-0.1, -0.05) is 31.8 Å². The summed E-state index contributed by atoms with van der Waals surface area (Å²) in [6, 6.07) is 0. The van der Waals surface area contributed by atoms with Gasteiger partial charge in [0, 0.05) is 18.8 Å². The number of hydrogen-bond donors (Lipinski definition) is 2. The number of unbranched alkanes of at least 4 members (excludes halogenated alkanes) is 10. The number of carbonyl (C=O) groups is 3. The van der Waals surface area contributed by atoms with Crippen LogP contribution >= 0.6 is 0 Å². The lowest BCUT2D eigenvalue weighted by Crippen LogP contribution is -2.51. The number of carbonyl (C=O) groups excluding carboxylic acids is 1. The average molecular weight is 470 g/mol. The van der Waals surface area contributed by atoms with Gasteiger partial charge >= 0.3 is 11.9 Å². The Labute approximate surface area is 200 Å². The van der Waals surface area contributed by atoms with Crippen LogP contribution in [0.2, 0.25) is 0 Å². The Balaban J connectivity index is 4.78. The van der Waals surface area contributed by atoms with E-state index in [1.54, 1.807) is 0 Å². The average Bonchev–Trinajstić information content (AvgIpc) is 2.75. The quantitative estimate of drug-likeness (QED) is 0.115. The second kappa shape index (κ2) is 20.7. The van der Waals surface area contributed by atoms with Gasteiger partial charge in [-0.2, -0.15) is 0 Å². The van der Waals surface area contributed by atoms with Crippen molar-refractivity contribution in [3.8, 4) is 0 Å². The van der Waals surface area contributed by atoms with E-state index in [-0.39, 0.29) is 19.3 Å². The van der Waals surface area contributed by atoms with Crippen LogP contribution in [0.5, 0.6) is 0 Å². The topological polar surface area (TPSA) is 115 Å². The van der Waals surface area contributed by atoms with Crippen LogP contribution in [0.3, 0.4) is 0 Å². The third-order valence-electron chi connectivity index (χ3n) is 6.35. The van der Waals surface area contributed by atoms with Crippen molar-refractivity contribution in [2.45, 2.75) is 109 Å². The molecule has 0 heterocycles. The summed E-state index contributed by atoms with van der Waals surface area (Å²) in [7, 11) is 0. The highest BCUT2D eigenvalue weighted by Gasteiger charge is 2.26. The molecule has 192 valence electrons. The SMILES string of the molecule is C=CCCCCCCCCC[N+](CCCCC(=O)[O-])(CCCCC(=O)O)CCCCC(=O)O. The summed E-state index contributed by atoms with van der Waals surface area (Å²) in [5.41, 5.74) is 0. The molecule has 0 amide bonds. The number of quaternary nitrogens is 1. The van der Waals surface area contributed by atoms with E-state index in [4.69, 9.17) is 10.2 Å². The van der Waals surface area contributed by atoms with E-state index < -0.39 is 17.9 Å². The van der Waals surface area contributed by atoms with Crippen LogP contribution in [0, 0.1) is 0 Å². The number of nitrogens with zero attached hydrogens (tertiary/aromatic N) is 1. The van der Waals surface area contributed by atoms with Crippen LogP contribution in [-0.2, 0) is 14.4 Å². The first-order valence-corrected chi connectivity index (χ1v) is 12.9. The second-order valence-electron chi connectivity index (χ2n) is 9.32. The molecule has 0 radical (unpaired) electrons. The number of carboxylic acids is 3. The van der Waals surface area contributed by atoms with Crippen molar-refractivity contribution in [2.75, 3.05) is 26.2 Å². The summed E-state index contributed by atoms with van der Waals surface area (Å²) in [6.45, 7) is 7.34. The molecule has 0 saturated heterocycles. The van der Waals surface area contributed by atoms with Crippen molar-refractivity contribution < 1.29 is 34.2 Å². The van der Waals surface area contributed by atoms with Gasteiger partial charge in [0.15, 0.2) is 0 Å². The first kappa shape index (κ1) is 31.1. The molecule has 0 fully saturated rings. The molecule has 0 unspecified atom stereocenters. The molecule has 7 heteroatoms. The molecule has 0 aromatic heterocycles. The number of hydrogen-bond acceptors (Lipinski definition) is 4. The molecule has 7 nitrogen and oxygen atoms in total. The third kappa shape index (κ3) is 20.4. The van der Waals surface area contributed by atoms with Crippen molar-refractivity contribution in [3.63, 3.8) is 0 Å². The Morgan fingerprint density at radius 2 is 0.970 bits per heavy atom. The Bertz CT molecular complexity index is 494. The fourth-order valence-corrected chi connectivity index (χ4v) is 4.45.